The summed E-state index contributed by atoms with van der Waals surface area (Å²) in [6, 6.07) is 7.54. The molecule has 4 rings (SSSR count). The number of urea groups is 1. The minimum Gasteiger partial charge on any atom is -0.368 e. The molecule has 2 aliphatic rings. The van der Waals surface area contributed by atoms with Gasteiger partial charge in [0.2, 0.25) is 0 Å². The Kier molecular flexibility index (Phi) is 5.20. The Balaban J connectivity index is 1.38. The van der Waals surface area contributed by atoms with E-state index >= 15 is 0 Å². The minimum atomic E-state index is -0.340. The van der Waals surface area contributed by atoms with E-state index in [-0.39, 0.29) is 11.8 Å². The van der Waals surface area contributed by atoms with Crippen molar-refractivity contribution in [2.75, 3.05) is 42.9 Å². The van der Waals surface area contributed by atoms with Gasteiger partial charge in [-0.05, 0) is 42.6 Å². The van der Waals surface area contributed by atoms with Gasteiger partial charge in [-0.25, -0.2) is 9.18 Å². The van der Waals surface area contributed by atoms with Crippen LogP contribution in [-0.4, -0.2) is 48.6 Å². The first kappa shape index (κ1) is 17.7. The van der Waals surface area contributed by atoms with Crippen molar-refractivity contribution < 1.29 is 9.18 Å². The van der Waals surface area contributed by atoms with Crippen molar-refractivity contribution in [2.24, 2.45) is 0 Å². The van der Waals surface area contributed by atoms with Crippen LogP contribution >= 0.6 is 0 Å². The van der Waals surface area contributed by atoms with E-state index in [0.717, 1.165) is 43.9 Å². The summed E-state index contributed by atoms with van der Waals surface area (Å²) in [4.78, 5) is 20.5. The van der Waals surface area contributed by atoms with E-state index in [1.807, 2.05) is 11.0 Å². The maximum atomic E-state index is 13.4. The van der Waals surface area contributed by atoms with Crippen molar-refractivity contribution in [1.82, 2.24) is 15.2 Å². The largest absolute Gasteiger partial charge is 0.368 e. The number of nitrogens with zero attached hydrogens (tertiary/aromatic N) is 3. The van der Waals surface area contributed by atoms with Gasteiger partial charge in [0.25, 0.3) is 0 Å². The third kappa shape index (κ3) is 4.19. The van der Waals surface area contributed by atoms with E-state index in [0.29, 0.717) is 19.6 Å². The molecule has 0 aliphatic carbocycles. The number of amides is 2. The number of benzene rings is 1. The van der Waals surface area contributed by atoms with Crippen molar-refractivity contribution in [2.45, 2.75) is 19.4 Å². The van der Waals surface area contributed by atoms with Crippen molar-refractivity contribution in [3.63, 3.8) is 0 Å². The van der Waals surface area contributed by atoms with Crippen molar-refractivity contribution >= 4 is 17.4 Å². The first-order valence-electron chi connectivity index (χ1n) is 9.43. The molecular weight excluding hydrogens is 345 g/mol. The number of halogens is 1. The van der Waals surface area contributed by atoms with Crippen LogP contribution in [0.2, 0.25) is 0 Å². The first-order chi connectivity index (χ1) is 13.2. The summed E-state index contributed by atoms with van der Waals surface area (Å²) in [7, 11) is 0. The summed E-state index contributed by atoms with van der Waals surface area (Å²) < 4.78 is 13.4. The van der Waals surface area contributed by atoms with Gasteiger partial charge in [-0.1, -0.05) is 6.07 Å². The SMILES string of the molecule is O=C(Nc1ccc2c(c1)CNCC2)N1CCCN(c2cncc(F)c2)CC1. The lowest BCUT2D eigenvalue weighted by Crippen LogP contribution is -2.38. The van der Waals surface area contributed by atoms with Gasteiger partial charge in [0.15, 0.2) is 0 Å². The number of carbonyl (C=O) groups is 1. The molecule has 3 heterocycles. The van der Waals surface area contributed by atoms with Crippen LogP contribution in [0, 0.1) is 5.82 Å². The Morgan fingerprint density at radius 2 is 2.04 bits per heavy atom. The van der Waals surface area contributed by atoms with Crippen molar-refractivity contribution in [3.05, 3.63) is 53.6 Å². The minimum absolute atomic E-state index is 0.0852. The normalized spacial score (nSPS) is 17.2. The lowest BCUT2D eigenvalue weighted by molar-refractivity contribution is 0.215. The summed E-state index contributed by atoms with van der Waals surface area (Å²) in [5.74, 6) is -0.340. The molecule has 0 unspecified atom stereocenters. The van der Waals surface area contributed by atoms with Crippen LogP contribution in [0.4, 0.5) is 20.6 Å². The molecule has 2 N–H and O–H groups in total. The zero-order valence-electron chi connectivity index (χ0n) is 15.2. The average molecular weight is 369 g/mol. The van der Waals surface area contributed by atoms with Gasteiger partial charge in [-0.2, -0.15) is 0 Å². The van der Waals surface area contributed by atoms with E-state index in [1.165, 1.54) is 23.4 Å². The fraction of sp³-hybridized carbons (Fsp3) is 0.400. The average Bonchev–Trinajstić information content (AvgIpc) is 2.94. The lowest BCUT2D eigenvalue weighted by atomic mass is 10.0. The molecule has 2 aliphatic heterocycles. The molecule has 1 aromatic carbocycles. The van der Waals surface area contributed by atoms with Crippen LogP contribution in [0.3, 0.4) is 0 Å². The van der Waals surface area contributed by atoms with Gasteiger partial charge in [-0.3, -0.25) is 4.98 Å². The maximum Gasteiger partial charge on any atom is 0.321 e. The van der Waals surface area contributed by atoms with Crippen LogP contribution in [0.25, 0.3) is 0 Å². The number of fused-ring (bicyclic) bond motifs is 1. The number of nitrogens with one attached hydrogen (secondary N) is 2. The number of hydrogen-bond acceptors (Lipinski definition) is 4. The fourth-order valence-electron chi connectivity index (χ4n) is 3.71. The number of rotatable bonds is 2. The number of aromatic nitrogens is 1. The first-order valence-corrected chi connectivity index (χ1v) is 9.43. The van der Waals surface area contributed by atoms with E-state index in [9.17, 15) is 9.18 Å². The Morgan fingerprint density at radius 1 is 1.11 bits per heavy atom. The van der Waals surface area contributed by atoms with E-state index in [2.05, 4.69) is 32.7 Å². The van der Waals surface area contributed by atoms with E-state index in [4.69, 9.17) is 0 Å². The highest BCUT2D eigenvalue weighted by molar-refractivity contribution is 5.89. The number of carbonyl (C=O) groups excluding carboxylic acids is 1. The molecule has 2 aromatic rings. The molecule has 6 nitrogen and oxygen atoms in total. The van der Waals surface area contributed by atoms with Crippen LogP contribution in [0.15, 0.2) is 36.7 Å². The second-order valence-corrected chi connectivity index (χ2v) is 7.03. The predicted molar refractivity (Wildman–Crippen MR) is 103 cm³/mol. The van der Waals surface area contributed by atoms with Gasteiger partial charge in [0.1, 0.15) is 5.82 Å². The molecule has 0 atom stereocenters. The molecule has 1 aromatic heterocycles. The molecule has 27 heavy (non-hydrogen) atoms. The molecule has 1 saturated heterocycles. The molecule has 0 saturated carbocycles. The molecule has 0 spiro atoms. The van der Waals surface area contributed by atoms with Gasteiger partial charge in [0.05, 0.1) is 18.1 Å². The molecule has 0 bridgehead atoms. The highest BCUT2D eigenvalue weighted by atomic mass is 19.1. The quantitative estimate of drug-likeness (QED) is 0.854. The third-order valence-electron chi connectivity index (χ3n) is 5.18. The second-order valence-electron chi connectivity index (χ2n) is 7.03. The molecule has 7 heteroatoms. The van der Waals surface area contributed by atoms with Gasteiger partial charge < -0.3 is 20.4 Å². The van der Waals surface area contributed by atoms with Crippen molar-refractivity contribution in [3.8, 4) is 0 Å². The zero-order chi connectivity index (χ0) is 18.6. The van der Waals surface area contributed by atoms with Crippen LogP contribution in [0.1, 0.15) is 17.5 Å². The van der Waals surface area contributed by atoms with Crippen LogP contribution in [0.5, 0.6) is 0 Å². The summed E-state index contributed by atoms with van der Waals surface area (Å²) in [5.41, 5.74) is 4.19. The van der Waals surface area contributed by atoms with Crippen LogP contribution < -0.4 is 15.5 Å². The molecular formula is C20H24FN5O. The Labute approximate surface area is 158 Å². The Bertz CT molecular complexity index is 828. The summed E-state index contributed by atoms with van der Waals surface area (Å²) in [6.07, 6.45) is 4.73. The highest BCUT2D eigenvalue weighted by Crippen LogP contribution is 2.20. The number of anilines is 2. The van der Waals surface area contributed by atoms with Crippen molar-refractivity contribution in [1.29, 1.82) is 0 Å². The molecule has 2 amide bonds. The number of pyridine rings is 1. The highest BCUT2D eigenvalue weighted by Gasteiger charge is 2.20. The fourth-order valence-corrected chi connectivity index (χ4v) is 3.71. The lowest BCUT2D eigenvalue weighted by Gasteiger charge is -2.24. The maximum absolute atomic E-state index is 13.4. The molecule has 142 valence electrons. The second kappa shape index (κ2) is 7.92. The molecule has 1 fully saturated rings. The Hall–Kier alpha value is -2.67. The summed E-state index contributed by atoms with van der Waals surface area (Å²) in [6.45, 7) is 4.56. The number of hydrogen-bond donors (Lipinski definition) is 2. The van der Waals surface area contributed by atoms with Gasteiger partial charge in [-0.15, -0.1) is 0 Å². The predicted octanol–water partition coefficient (Wildman–Crippen LogP) is 2.61. The van der Waals surface area contributed by atoms with Gasteiger partial charge in [0, 0.05) is 44.5 Å². The van der Waals surface area contributed by atoms with E-state index < -0.39 is 0 Å². The van der Waals surface area contributed by atoms with Crippen LogP contribution in [-0.2, 0) is 13.0 Å². The smallest absolute Gasteiger partial charge is 0.321 e. The topological polar surface area (TPSA) is 60.5 Å². The van der Waals surface area contributed by atoms with Gasteiger partial charge >= 0.3 is 6.03 Å². The molecule has 0 radical (unpaired) electrons. The summed E-state index contributed by atoms with van der Waals surface area (Å²) in [5, 5.41) is 6.38. The third-order valence-corrected chi connectivity index (χ3v) is 5.18. The van der Waals surface area contributed by atoms with E-state index in [1.54, 1.807) is 6.20 Å². The Morgan fingerprint density at radius 3 is 2.93 bits per heavy atom. The summed E-state index contributed by atoms with van der Waals surface area (Å²) >= 11 is 0. The monoisotopic (exact) mass is 369 g/mol. The standard InChI is InChI=1S/C20H24FN5O/c21-17-11-19(14-23-13-17)25-6-1-7-26(9-8-25)20(27)24-18-3-2-15-4-5-22-12-16(15)10-18/h2-3,10-11,13-14,22H,1,4-9,12H2,(H,24,27). The zero-order valence-corrected chi connectivity index (χ0v) is 15.2.